The molecular weight excluding hydrogens is 246 g/mol. The molecular formula is C14H27NO4. The van der Waals surface area contributed by atoms with Crippen molar-refractivity contribution in [1.29, 1.82) is 0 Å². The van der Waals surface area contributed by atoms with Crippen LogP contribution >= 0.6 is 0 Å². The van der Waals surface area contributed by atoms with Gasteiger partial charge in [-0.25, -0.2) is 0 Å². The number of aliphatic hydroxyl groups excluding tert-OH is 1. The van der Waals surface area contributed by atoms with E-state index in [4.69, 9.17) is 14.2 Å². The molecule has 5 heteroatoms. The molecule has 2 fully saturated rings. The molecule has 1 saturated carbocycles. The molecule has 1 saturated heterocycles. The maximum absolute atomic E-state index is 9.84. The van der Waals surface area contributed by atoms with Gasteiger partial charge in [-0.3, -0.25) is 0 Å². The molecule has 0 amide bonds. The van der Waals surface area contributed by atoms with Crippen LogP contribution < -0.4 is 5.32 Å². The van der Waals surface area contributed by atoms with Gasteiger partial charge in [-0.15, -0.1) is 0 Å². The highest BCUT2D eigenvalue weighted by Gasteiger charge is 2.40. The molecule has 1 heterocycles. The van der Waals surface area contributed by atoms with Crippen molar-refractivity contribution in [2.45, 2.75) is 44.4 Å². The average Bonchev–Trinajstić information content (AvgIpc) is 3.15. The van der Waals surface area contributed by atoms with E-state index in [0.717, 1.165) is 18.9 Å². The van der Waals surface area contributed by atoms with Gasteiger partial charge in [0.1, 0.15) is 0 Å². The highest BCUT2D eigenvalue weighted by Crippen LogP contribution is 2.38. The van der Waals surface area contributed by atoms with Gasteiger partial charge in [-0.1, -0.05) is 0 Å². The van der Waals surface area contributed by atoms with Crippen molar-refractivity contribution in [2.75, 3.05) is 39.6 Å². The molecule has 0 aromatic heterocycles. The van der Waals surface area contributed by atoms with Crippen LogP contribution in [0.4, 0.5) is 0 Å². The Morgan fingerprint density at radius 1 is 1.26 bits per heavy atom. The minimum Gasteiger partial charge on any atom is -0.389 e. The molecule has 2 N–H and O–H groups in total. The van der Waals surface area contributed by atoms with Gasteiger partial charge in [0, 0.05) is 25.8 Å². The molecule has 112 valence electrons. The maximum Gasteiger partial charge on any atom is 0.0897 e. The van der Waals surface area contributed by atoms with Gasteiger partial charge < -0.3 is 24.6 Å². The Morgan fingerprint density at radius 3 is 2.79 bits per heavy atom. The molecule has 0 aromatic rings. The summed E-state index contributed by atoms with van der Waals surface area (Å²) in [7, 11) is 0. The molecule has 2 aliphatic rings. The number of aliphatic hydroxyl groups is 1. The molecule has 1 aliphatic carbocycles. The summed E-state index contributed by atoms with van der Waals surface area (Å²) in [4.78, 5) is 0. The number of hydrogen-bond acceptors (Lipinski definition) is 5. The molecule has 2 rings (SSSR count). The summed E-state index contributed by atoms with van der Waals surface area (Å²) >= 11 is 0. The minimum atomic E-state index is -0.456. The maximum atomic E-state index is 9.84. The monoisotopic (exact) mass is 273 g/mol. The zero-order valence-electron chi connectivity index (χ0n) is 11.8. The zero-order valence-corrected chi connectivity index (χ0v) is 11.8. The van der Waals surface area contributed by atoms with Crippen LogP contribution in [0.15, 0.2) is 0 Å². The quantitative estimate of drug-likeness (QED) is 0.570. The number of nitrogens with one attached hydrogen (secondary N) is 1. The summed E-state index contributed by atoms with van der Waals surface area (Å²) in [6.07, 6.45) is 3.56. The van der Waals surface area contributed by atoms with Crippen LogP contribution in [-0.2, 0) is 14.2 Å². The summed E-state index contributed by atoms with van der Waals surface area (Å²) in [6, 6.07) is 0.408. The second kappa shape index (κ2) is 8.17. The van der Waals surface area contributed by atoms with Gasteiger partial charge in [0.25, 0.3) is 0 Å². The van der Waals surface area contributed by atoms with Crippen molar-refractivity contribution in [1.82, 2.24) is 5.32 Å². The SMILES string of the molecule is CCOCCOCC(O)CNC1CCOC1C1CC1. The van der Waals surface area contributed by atoms with Crippen molar-refractivity contribution in [3.8, 4) is 0 Å². The Labute approximate surface area is 115 Å². The van der Waals surface area contributed by atoms with Crippen LogP contribution in [0, 0.1) is 5.92 Å². The lowest BCUT2D eigenvalue weighted by atomic mass is 10.1. The lowest BCUT2D eigenvalue weighted by molar-refractivity contribution is 0.00423. The third-order valence-corrected chi connectivity index (χ3v) is 3.72. The Hall–Kier alpha value is -0.200. The van der Waals surface area contributed by atoms with E-state index in [2.05, 4.69) is 5.32 Å². The molecule has 5 nitrogen and oxygen atoms in total. The van der Waals surface area contributed by atoms with E-state index >= 15 is 0 Å². The summed E-state index contributed by atoms with van der Waals surface area (Å²) in [5, 5.41) is 13.3. The van der Waals surface area contributed by atoms with Crippen molar-refractivity contribution in [3.05, 3.63) is 0 Å². The highest BCUT2D eigenvalue weighted by atomic mass is 16.5. The normalized spacial score (nSPS) is 28.7. The van der Waals surface area contributed by atoms with Crippen molar-refractivity contribution in [3.63, 3.8) is 0 Å². The van der Waals surface area contributed by atoms with Crippen LogP contribution in [0.25, 0.3) is 0 Å². The van der Waals surface area contributed by atoms with Crippen LogP contribution in [0.5, 0.6) is 0 Å². The predicted octanol–water partition coefficient (Wildman–Crippen LogP) is 0.558. The third-order valence-electron chi connectivity index (χ3n) is 3.72. The van der Waals surface area contributed by atoms with Crippen molar-refractivity contribution in [2.24, 2.45) is 5.92 Å². The van der Waals surface area contributed by atoms with E-state index in [1.54, 1.807) is 0 Å². The number of ether oxygens (including phenoxy) is 3. The molecule has 0 spiro atoms. The van der Waals surface area contributed by atoms with Gasteiger partial charge in [0.05, 0.1) is 32.0 Å². The van der Waals surface area contributed by atoms with E-state index in [0.29, 0.717) is 45.1 Å². The van der Waals surface area contributed by atoms with Crippen molar-refractivity contribution >= 4 is 0 Å². The standard InChI is InChI=1S/C14H27NO4/c1-2-17-7-8-18-10-12(16)9-15-13-5-6-19-14(13)11-3-4-11/h11-16H,2-10H2,1H3. The van der Waals surface area contributed by atoms with Gasteiger partial charge in [-0.05, 0) is 32.1 Å². The first kappa shape index (κ1) is 15.2. The van der Waals surface area contributed by atoms with Gasteiger partial charge in [0.15, 0.2) is 0 Å². The van der Waals surface area contributed by atoms with Crippen LogP contribution in [-0.4, -0.2) is 62.9 Å². The fourth-order valence-electron chi connectivity index (χ4n) is 2.55. The first-order valence-electron chi connectivity index (χ1n) is 7.49. The average molecular weight is 273 g/mol. The third kappa shape index (κ3) is 5.36. The fraction of sp³-hybridized carbons (Fsp3) is 1.00. The highest BCUT2D eigenvalue weighted by molar-refractivity contribution is 4.93. The molecule has 3 unspecified atom stereocenters. The minimum absolute atomic E-state index is 0.363. The predicted molar refractivity (Wildman–Crippen MR) is 72.2 cm³/mol. The van der Waals surface area contributed by atoms with Crippen molar-refractivity contribution < 1.29 is 19.3 Å². The summed E-state index contributed by atoms with van der Waals surface area (Å²) < 4.78 is 16.3. The number of hydrogen-bond donors (Lipinski definition) is 2. The van der Waals surface area contributed by atoms with Crippen LogP contribution in [0.3, 0.4) is 0 Å². The summed E-state index contributed by atoms with van der Waals surface area (Å²) in [5.74, 6) is 0.750. The summed E-state index contributed by atoms with van der Waals surface area (Å²) in [6.45, 7) is 5.59. The molecule has 3 atom stereocenters. The largest absolute Gasteiger partial charge is 0.389 e. The van der Waals surface area contributed by atoms with Crippen LogP contribution in [0.2, 0.25) is 0 Å². The smallest absolute Gasteiger partial charge is 0.0897 e. The zero-order chi connectivity index (χ0) is 13.5. The fourth-order valence-corrected chi connectivity index (χ4v) is 2.55. The summed E-state index contributed by atoms with van der Waals surface area (Å²) in [5.41, 5.74) is 0. The van der Waals surface area contributed by atoms with Gasteiger partial charge in [-0.2, -0.15) is 0 Å². The second-order valence-electron chi connectivity index (χ2n) is 5.40. The Kier molecular flexibility index (Phi) is 6.53. The van der Waals surface area contributed by atoms with Gasteiger partial charge >= 0.3 is 0 Å². The molecule has 19 heavy (non-hydrogen) atoms. The topological polar surface area (TPSA) is 60.0 Å². The molecule has 0 aromatic carbocycles. The van der Waals surface area contributed by atoms with E-state index in [1.165, 1.54) is 12.8 Å². The second-order valence-corrected chi connectivity index (χ2v) is 5.40. The van der Waals surface area contributed by atoms with E-state index in [9.17, 15) is 5.11 Å². The Balaban J connectivity index is 1.51. The van der Waals surface area contributed by atoms with Crippen LogP contribution in [0.1, 0.15) is 26.2 Å². The molecule has 0 bridgehead atoms. The molecule has 1 aliphatic heterocycles. The molecule has 0 radical (unpaired) electrons. The Bertz CT molecular complexity index is 248. The van der Waals surface area contributed by atoms with E-state index < -0.39 is 6.10 Å². The number of rotatable bonds is 10. The first-order chi connectivity index (χ1) is 9.31. The van der Waals surface area contributed by atoms with E-state index in [-0.39, 0.29) is 0 Å². The first-order valence-corrected chi connectivity index (χ1v) is 7.49. The lowest BCUT2D eigenvalue weighted by Gasteiger charge is -2.21. The van der Waals surface area contributed by atoms with E-state index in [1.807, 2.05) is 6.92 Å². The van der Waals surface area contributed by atoms with Gasteiger partial charge in [0.2, 0.25) is 0 Å². The lowest BCUT2D eigenvalue weighted by Crippen LogP contribution is -2.42. The Morgan fingerprint density at radius 2 is 2.05 bits per heavy atom.